The van der Waals surface area contributed by atoms with Crippen molar-refractivity contribution >= 4 is 17.7 Å². The maximum absolute atomic E-state index is 10.8. The van der Waals surface area contributed by atoms with Gasteiger partial charge in [0.25, 0.3) is 0 Å². The summed E-state index contributed by atoms with van der Waals surface area (Å²) in [7, 11) is 0. The van der Waals surface area contributed by atoms with E-state index in [4.69, 9.17) is 5.11 Å². The second kappa shape index (κ2) is 2.95. The highest BCUT2D eigenvalue weighted by molar-refractivity contribution is 7.99. The molecule has 2 aliphatic carbocycles. The fraction of sp³-hybridized carbons (Fsp3) is 0.889. The van der Waals surface area contributed by atoms with Crippen LogP contribution in [0.15, 0.2) is 0 Å². The van der Waals surface area contributed by atoms with E-state index >= 15 is 0 Å². The molecule has 0 amide bonds. The lowest BCUT2D eigenvalue weighted by Gasteiger charge is -2.24. The third kappa shape index (κ3) is 1.15. The molecule has 2 nitrogen and oxygen atoms in total. The highest BCUT2D eigenvalue weighted by Gasteiger charge is 2.48. The molecular weight excluding hydrogens is 172 g/mol. The van der Waals surface area contributed by atoms with Gasteiger partial charge in [0.2, 0.25) is 0 Å². The number of fused-ring (bicyclic) bond motifs is 2. The number of aliphatic carboxylic acids is 1. The molecule has 2 saturated carbocycles. The summed E-state index contributed by atoms with van der Waals surface area (Å²) in [6.07, 6.45) is 5.47. The van der Waals surface area contributed by atoms with Gasteiger partial charge in [-0.2, -0.15) is 11.8 Å². The SMILES string of the molecule is CS[C@H]1C[C@@H]2C[C@H]1[C@@H](C(=O)O)C2. The van der Waals surface area contributed by atoms with Crippen molar-refractivity contribution in [1.29, 1.82) is 0 Å². The fourth-order valence-electron chi connectivity index (χ4n) is 2.84. The van der Waals surface area contributed by atoms with E-state index in [0.717, 1.165) is 6.42 Å². The molecule has 12 heavy (non-hydrogen) atoms. The Balaban J connectivity index is 2.09. The second-order valence-corrected chi connectivity index (χ2v) is 5.03. The van der Waals surface area contributed by atoms with Gasteiger partial charge in [-0.05, 0) is 37.4 Å². The third-order valence-electron chi connectivity index (χ3n) is 3.37. The van der Waals surface area contributed by atoms with Crippen molar-refractivity contribution in [2.45, 2.75) is 24.5 Å². The number of carboxylic acids is 1. The van der Waals surface area contributed by atoms with E-state index in [0.29, 0.717) is 17.1 Å². The van der Waals surface area contributed by atoms with E-state index in [-0.39, 0.29) is 5.92 Å². The van der Waals surface area contributed by atoms with Gasteiger partial charge in [0, 0.05) is 5.25 Å². The highest BCUT2D eigenvalue weighted by atomic mass is 32.2. The molecule has 3 heteroatoms. The van der Waals surface area contributed by atoms with Crippen LogP contribution >= 0.6 is 11.8 Å². The van der Waals surface area contributed by atoms with Gasteiger partial charge in [0.15, 0.2) is 0 Å². The zero-order chi connectivity index (χ0) is 8.72. The predicted octanol–water partition coefficient (Wildman–Crippen LogP) is 1.85. The van der Waals surface area contributed by atoms with Crippen LogP contribution in [0.1, 0.15) is 19.3 Å². The zero-order valence-electron chi connectivity index (χ0n) is 7.19. The number of carbonyl (C=O) groups is 1. The van der Waals surface area contributed by atoms with Crippen molar-refractivity contribution in [2.75, 3.05) is 6.26 Å². The lowest BCUT2D eigenvalue weighted by Crippen LogP contribution is -2.27. The minimum absolute atomic E-state index is 0.0267. The minimum Gasteiger partial charge on any atom is -0.481 e. The average molecular weight is 186 g/mol. The van der Waals surface area contributed by atoms with E-state index in [1.807, 2.05) is 11.8 Å². The molecule has 0 spiro atoms. The van der Waals surface area contributed by atoms with Gasteiger partial charge in [-0.15, -0.1) is 0 Å². The molecule has 4 atom stereocenters. The van der Waals surface area contributed by atoms with Gasteiger partial charge >= 0.3 is 5.97 Å². The van der Waals surface area contributed by atoms with E-state index in [1.165, 1.54) is 12.8 Å². The Morgan fingerprint density at radius 1 is 1.42 bits per heavy atom. The summed E-state index contributed by atoms with van der Waals surface area (Å²) < 4.78 is 0. The largest absolute Gasteiger partial charge is 0.481 e. The van der Waals surface area contributed by atoms with Crippen LogP contribution in [-0.4, -0.2) is 22.6 Å². The number of carboxylic acid groups (broad SMARTS) is 1. The van der Waals surface area contributed by atoms with Gasteiger partial charge < -0.3 is 5.11 Å². The highest BCUT2D eigenvalue weighted by Crippen LogP contribution is 2.52. The molecule has 0 aliphatic heterocycles. The first-order chi connectivity index (χ1) is 5.72. The Morgan fingerprint density at radius 3 is 2.67 bits per heavy atom. The molecule has 2 aliphatic rings. The zero-order valence-corrected chi connectivity index (χ0v) is 8.01. The van der Waals surface area contributed by atoms with Crippen molar-refractivity contribution in [3.8, 4) is 0 Å². The summed E-state index contributed by atoms with van der Waals surface area (Å²) in [6.45, 7) is 0. The Morgan fingerprint density at radius 2 is 2.17 bits per heavy atom. The topological polar surface area (TPSA) is 37.3 Å². The molecule has 2 bridgehead atoms. The minimum atomic E-state index is -0.568. The standard InChI is InChI=1S/C9H14O2S/c1-12-8-4-5-2-6(8)7(3-5)9(10)11/h5-8H,2-4H2,1H3,(H,10,11)/t5-,6+,7+,8+/m1/s1. The van der Waals surface area contributed by atoms with E-state index in [2.05, 4.69) is 6.26 Å². The molecule has 2 fully saturated rings. The van der Waals surface area contributed by atoms with Crippen molar-refractivity contribution in [1.82, 2.24) is 0 Å². The van der Waals surface area contributed by atoms with E-state index in [9.17, 15) is 4.79 Å². The predicted molar refractivity (Wildman–Crippen MR) is 49.3 cm³/mol. The molecule has 0 aromatic carbocycles. The van der Waals surface area contributed by atoms with Crippen LogP contribution in [0, 0.1) is 17.8 Å². The van der Waals surface area contributed by atoms with Crippen LogP contribution in [0.2, 0.25) is 0 Å². The van der Waals surface area contributed by atoms with E-state index in [1.54, 1.807) is 0 Å². The molecule has 0 heterocycles. The van der Waals surface area contributed by atoms with Crippen LogP contribution in [0.4, 0.5) is 0 Å². The lowest BCUT2D eigenvalue weighted by atomic mass is 9.88. The summed E-state index contributed by atoms with van der Waals surface area (Å²) in [5.41, 5.74) is 0. The van der Waals surface area contributed by atoms with Gasteiger partial charge in [-0.3, -0.25) is 4.79 Å². The smallest absolute Gasteiger partial charge is 0.306 e. The maximum Gasteiger partial charge on any atom is 0.306 e. The van der Waals surface area contributed by atoms with Crippen LogP contribution in [0.3, 0.4) is 0 Å². The number of rotatable bonds is 2. The Bertz CT molecular complexity index is 205. The van der Waals surface area contributed by atoms with Crippen LogP contribution < -0.4 is 0 Å². The first kappa shape index (κ1) is 8.42. The molecule has 0 aromatic heterocycles. The summed E-state index contributed by atoms with van der Waals surface area (Å²) >= 11 is 1.85. The van der Waals surface area contributed by atoms with Crippen molar-refractivity contribution < 1.29 is 9.90 Å². The molecule has 0 aromatic rings. The van der Waals surface area contributed by atoms with Gasteiger partial charge in [0.1, 0.15) is 0 Å². The quantitative estimate of drug-likeness (QED) is 0.715. The first-order valence-electron chi connectivity index (χ1n) is 4.48. The van der Waals surface area contributed by atoms with Gasteiger partial charge in [0.05, 0.1) is 5.92 Å². The lowest BCUT2D eigenvalue weighted by molar-refractivity contribution is -0.143. The first-order valence-corrected chi connectivity index (χ1v) is 5.76. The van der Waals surface area contributed by atoms with Crippen molar-refractivity contribution in [2.24, 2.45) is 17.8 Å². The molecule has 2 rings (SSSR count). The van der Waals surface area contributed by atoms with Crippen molar-refractivity contribution in [3.05, 3.63) is 0 Å². The van der Waals surface area contributed by atoms with Crippen LogP contribution in [-0.2, 0) is 4.79 Å². The van der Waals surface area contributed by atoms with Gasteiger partial charge in [-0.1, -0.05) is 0 Å². The second-order valence-electron chi connectivity index (χ2n) is 3.96. The van der Waals surface area contributed by atoms with Crippen LogP contribution in [0.5, 0.6) is 0 Å². The van der Waals surface area contributed by atoms with Crippen molar-refractivity contribution in [3.63, 3.8) is 0 Å². The monoisotopic (exact) mass is 186 g/mol. The summed E-state index contributed by atoms with van der Waals surface area (Å²) in [5, 5.41) is 9.57. The molecule has 1 N–H and O–H groups in total. The Hall–Kier alpha value is -0.180. The molecular formula is C9H14O2S. The summed E-state index contributed by atoms with van der Waals surface area (Å²) in [6, 6.07) is 0. The molecule has 0 unspecified atom stereocenters. The number of thioether (sulfide) groups is 1. The maximum atomic E-state index is 10.8. The Kier molecular flexibility index (Phi) is 2.07. The normalized spacial score (nSPS) is 45.1. The van der Waals surface area contributed by atoms with Crippen LogP contribution in [0.25, 0.3) is 0 Å². The number of hydrogen-bond acceptors (Lipinski definition) is 2. The Labute approximate surface area is 76.7 Å². The average Bonchev–Trinajstić information content (AvgIpc) is 2.60. The van der Waals surface area contributed by atoms with E-state index < -0.39 is 5.97 Å². The van der Waals surface area contributed by atoms with Gasteiger partial charge in [-0.25, -0.2) is 0 Å². The molecule has 0 radical (unpaired) electrons. The summed E-state index contributed by atoms with van der Waals surface area (Å²) in [4.78, 5) is 10.8. The third-order valence-corrected chi connectivity index (χ3v) is 4.52. The molecule has 0 saturated heterocycles. The number of hydrogen-bond donors (Lipinski definition) is 1. The summed E-state index contributed by atoms with van der Waals surface area (Å²) in [5.74, 6) is 0.596. The molecule has 68 valence electrons. The fourth-order valence-corrected chi connectivity index (χ4v) is 3.96.